The van der Waals surface area contributed by atoms with Crippen LogP contribution in [-0.2, 0) is 11.4 Å². The average molecular weight is 373 g/mol. The van der Waals surface area contributed by atoms with E-state index in [0.29, 0.717) is 36.0 Å². The molecule has 136 valence electrons. The van der Waals surface area contributed by atoms with Crippen LogP contribution in [0.3, 0.4) is 0 Å². The molecular formula is C20H21ClN2O3. The van der Waals surface area contributed by atoms with E-state index in [9.17, 15) is 9.59 Å². The zero-order valence-corrected chi connectivity index (χ0v) is 15.1. The van der Waals surface area contributed by atoms with Crippen molar-refractivity contribution in [1.29, 1.82) is 0 Å². The van der Waals surface area contributed by atoms with Gasteiger partial charge in [-0.25, -0.2) is 0 Å². The highest BCUT2D eigenvalue weighted by molar-refractivity contribution is 6.30. The molecule has 0 atom stereocenters. The number of rotatable bonds is 8. The molecule has 0 aliphatic heterocycles. The molecule has 1 saturated carbocycles. The molecule has 1 fully saturated rings. The summed E-state index contributed by atoms with van der Waals surface area (Å²) in [5.41, 5.74) is 1.43. The first kappa shape index (κ1) is 18.3. The number of para-hydroxylation sites is 1. The first-order chi connectivity index (χ1) is 12.6. The van der Waals surface area contributed by atoms with Gasteiger partial charge in [0, 0.05) is 24.0 Å². The van der Waals surface area contributed by atoms with E-state index < -0.39 is 0 Å². The number of nitrogens with one attached hydrogen (secondary N) is 2. The topological polar surface area (TPSA) is 67.4 Å². The summed E-state index contributed by atoms with van der Waals surface area (Å²) in [7, 11) is 0. The van der Waals surface area contributed by atoms with Gasteiger partial charge in [0.05, 0.1) is 5.56 Å². The fraction of sp³-hybridized carbons (Fsp3) is 0.300. The largest absolute Gasteiger partial charge is 0.488 e. The second kappa shape index (κ2) is 8.72. The molecule has 0 unspecified atom stereocenters. The van der Waals surface area contributed by atoms with Gasteiger partial charge in [-0.1, -0.05) is 35.9 Å². The highest BCUT2D eigenvalue weighted by atomic mass is 35.5. The number of ether oxygens (including phenoxy) is 1. The van der Waals surface area contributed by atoms with Gasteiger partial charge in [-0.15, -0.1) is 0 Å². The van der Waals surface area contributed by atoms with Crippen LogP contribution in [0.4, 0.5) is 0 Å². The number of hydrogen-bond donors (Lipinski definition) is 2. The molecule has 6 heteroatoms. The van der Waals surface area contributed by atoms with Crippen LogP contribution in [0.2, 0.25) is 5.02 Å². The van der Waals surface area contributed by atoms with Gasteiger partial charge in [-0.2, -0.15) is 0 Å². The van der Waals surface area contributed by atoms with E-state index in [1.54, 1.807) is 30.3 Å². The van der Waals surface area contributed by atoms with Crippen molar-refractivity contribution in [3.05, 3.63) is 64.7 Å². The molecule has 0 bridgehead atoms. The minimum absolute atomic E-state index is 0.0750. The van der Waals surface area contributed by atoms with E-state index in [0.717, 1.165) is 18.4 Å². The second-order valence-electron chi connectivity index (χ2n) is 6.23. The molecular weight excluding hydrogens is 352 g/mol. The smallest absolute Gasteiger partial charge is 0.255 e. The monoisotopic (exact) mass is 372 g/mol. The molecule has 0 radical (unpaired) electrons. The average Bonchev–Trinajstić information content (AvgIpc) is 3.50. The Balaban J connectivity index is 1.51. The van der Waals surface area contributed by atoms with Crippen molar-refractivity contribution in [3.8, 4) is 5.75 Å². The third-order valence-electron chi connectivity index (χ3n) is 4.10. The fourth-order valence-electron chi connectivity index (χ4n) is 2.47. The number of hydrogen-bond acceptors (Lipinski definition) is 3. The Morgan fingerprint density at radius 1 is 1.00 bits per heavy atom. The lowest BCUT2D eigenvalue weighted by Gasteiger charge is -2.12. The number of benzene rings is 2. The van der Waals surface area contributed by atoms with Crippen molar-refractivity contribution in [2.24, 2.45) is 5.92 Å². The zero-order chi connectivity index (χ0) is 18.4. The van der Waals surface area contributed by atoms with Crippen LogP contribution >= 0.6 is 11.6 Å². The van der Waals surface area contributed by atoms with Crippen molar-refractivity contribution < 1.29 is 14.3 Å². The van der Waals surface area contributed by atoms with Crippen LogP contribution < -0.4 is 15.4 Å². The molecule has 0 aromatic heterocycles. The summed E-state index contributed by atoms with van der Waals surface area (Å²) in [4.78, 5) is 24.0. The lowest BCUT2D eigenvalue weighted by molar-refractivity contribution is -0.122. The third kappa shape index (κ3) is 5.23. The highest BCUT2D eigenvalue weighted by Crippen LogP contribution is 2.28. The zero-order valence-electron chi connectivity index (χ0n) is 14.3. The van der Waals surface area contributed by atoms with Crippen LogP contribution in [0.25, 0.3) is 0 Å². The number of carbonyl (C=O) groups is 2. The summed E-state index contributed by atoms with van der Waals surface area (Å²) < 4.78 is 5.79. The van der Waals surface area contributed by atoms with Gasteiger partial charge < -0.3 is 15.4 Å². The molecule has 1 aliphatic rings. The van der Waals surface area contributed by atoms with Crippen molar-refractivity contribution in [2.75, 3.05) is 13.1 Å². The van der Waals surface area contributed by atoms with E-state index in [1.165, 1.54) is 0 Å². The van der Waals surface area contributed by atoms with Crippen LogP contribution in [0.1, 0.15) is 28.8 Å². The second-order valence-corrected chi connectivity index (χ2v) is 6.67. The maximum Gasteiger partial charge on any atom is 0.255 e. The van der Waals surface area contributed by atoms with Crippen molar-refractivity contribution in [1.82, 2.24) is 10.6 Å². The van der Waals surface area contributed by atoms with Gasteiger partial charge in [0.2, 0.25) is 5.91 Å². The molecule has 2 aromatic carbocycles. The molecule has 0 heterocycles. The minimum atomic E-state index is -0.225. The highest BCUT2D eigenvalue weighted by Gasteiger charge is 2.29. The number of amides is 2. The lowest BCUT2D eigenvalue weighted by atomic mass is 10.2. The predicted molar refractivity (Wildman–Crippen MR) is 100 cm³/mol. The predicted octanol–water partition coefficient (Wildman–Crippen LogP) is 3.18. The van der Waals surface area contributed by atoms with E-state index in [1.807, 2.05) is 18.2 Å². The Morgan fingerprint density at radius 3 is 2.42 bits per heavy atom. The van der Waals surface area contributed by atoms with Crippen molar-refractivity contribution in [3.63, 3.8) is 0 Å². The Kier molecular flexibility index (Phi) is 6.12. The molecule has 3 rings (SSSR count). The van der Waals surface area contributed by atoms with E-state index in [-0.39, 0.29) is 17.7 Å². The van der Waals surface area contributed by atoms with Crippen LogP contribution in [0.5, 0.6) is 5.75 Å². The Hall–Kier alpha value is -2.53. The summed E-state index contributed by atoms with van der Waals surface area (Å²) in [5.74, 6) is 0.540. The van der Waals surface area contributed by atoms with Crippen molar-refractivity contribution >= 4 is 23.4 Å². The molecule has 1 aliphatic carbocycles. The van der Waals surface area contributed by atoms with E-state index in [2.05, 4.69) is 10.6 Å². The van der Waals surface area contributed by atoms with Gasteiger partial charge in [-0.05, 0) is 42.7 Å². The van der Waals surface area contributed by atoms with Crippen molar-refractivity contribution in [2.45, 2.75) is 19.4 Å². The Morgan fingerprint density at radius 2 is 1.69 bits per heavy atom. The van der Waals surface area contributed by atoms with E-state index >= 15 is 0 Å². The van der Waals surface area contributed by atoms with Crippen LogP contribution in [0, 0.1) is 5.92 Å². The van der Waals surface area contributed by atoms with Gasteiger partial charge in [-0.3, -0.25) is 9.59 Å². The molecule has 0 saturated heterocycles. The number of halogens is 1. The maximum atomic E-state index is 12.4. The molecule has 5 nitrogen and oxygen atoms in total. The lowest BCUT2D eigenvalue weighted by Crippen LogP contribution is -2.35. The summed E-state index contributed by atoms with van der Waals surface area (Å²) in [6.45, 7) is 1.15. The first-order valence-electron chi connectivity index (χ1n) is 8.65. The summed E-state index contributed by atoms with van der Waals surface area (Å²) in [6.07, 6.45) is 1.94. The van der Waals surface area contributed by atoms with E-state index in [4.69, 9.17) is 16.3 Å². The van der Waals surface area contributed by atoms with Gasteiger partial charge >= 0.3 is 0 Å². The summed E-state index contributed by atoms with van der Waals surface area (Å²) >= 11 is 5.88. The molecule has 2 N–H and O–H groups in total. The quantitative estimate of drug-likeness (QED) is 0.699. The van der Waals surface area contributed by atoms with Gasteiger partial charge in [0.1, 0.15) is 12.4 Å². The van der Waals surface area contributed by atoms with Gasteiger partial charge in [0.25, 0.3) is 5.91 Å². The Bertz CT molecular complexity index is 773. The summed E-state index contributed by atoms with van der Waals surface area (Å²) in [6, 6.07) is 14.5. The summed E-state index contributed by atoms with van der Waals surface area (Å²) in [5, 5.41) is 6.30. The standard InChI is InChI=1S/C20H21ClN2O3/c21-16-9-5-14(6-10-16)13-26-18-4-2-1-3-17(18)20(25)23-12-11-22-19(24)15-7-8-15/h1-6,9-10,15H,7-8,11-13H2,(H,22,24)(H,23,25). The Labute approximate surface area is 157 Å². The normalized spacial score (nSPS) is 13.1. The third-order valence-corrected chi connectivity index (χ3v) is 4.35. The molecule has 0 spiro atoms. The van der Waals surface area contributed by atoms with Gasteiger partial charge in [0.15, 0.2) is 0 Å². The fourth-order valence-corrected chi connectivity index (χ4v) is 2.59. The molecule has 2 aromatic rings. The minimum Gasteiger partial charge on any atom is -0.488 e. The molecule has 26 heavy (non-hydrogen) atoms. The SMILES string of the molecule is O=C(NCCNC(=O)C1CC1)c1ccccc1OCc1ccc(Cl)cc1. The van der Waals surface area contributed by atoms with Crippen LogP contribution in [-0.4, -0.2) is 24.9 Å². The van der Waals surface area contributed by atoms with Crippen LogP contribution in [0.15, 0.2) is 48.5 Å². The first-order valence-corrected chi connectivity index (χ1v) is 9.03. The molecule has 2 amide bonds. The maximum absolute atomic E-state index is 12.4. The number of carbonyl (C=O) groups excluding carboxylic acids is 2.